The summed E-state index contributed by atoms with van der Waals surface area (Å²) < 4.78 is 25.1. The minimum atomic E-state index is -3.71. The predicted molar refractivity (Wildman–Crippen MR) is 118 cm³/mol. The van der Waals surface area contributed by atoms with Crippen molar-refractivity contribution in [1.29, 1.82) is 0 Å². The van der Waals surface area contributed by atoms with E-state index in [-0.39, 0.29) is 28.4 Å². The highest BCUT2D eigenvalue weighted by atomic mass is 35.5. The fourth-order valence-corrected chi connectivity index (χ4v) is 5.44. The second kappa shape index (κ2) is 8.28. The predicted octanol–water partition coefficient (Wildman–Crippen LogP) is 3.65. The SMILES string of the molecule is O=C(Nc1ccc(N2CCCCC2)cc1)c1cc(N2C(=O)CCS2(=O)=O)ccc1Cl. The van der Waals surface area contributed by atoms with Crippen LogP contribution in [0.15, 0.2) is 42.5 Å². The summed E-state index contributed by atoms with van der Waals surface area (Å²) in [6, 6.07) is 11.8. The normalized spacial score (nSPS) is 18.5. The monoisotopic (exact) mass is 447 g/mol. The molecule has 0 atom stereocenters. The van der Waals surface area contributed by atoms with Gasteiger partial charge in [-0.2, -0.15) is 0 Å². The molecule has 2 saturated heterocycles. The van der Waals surface area contributed by atoms with Gasteiger partial charge in [0.05, 0.1) is 22.0 Å². The van der Waals surface area contributed by atoms with E-state index in [0.29, 0.717) is 5.69 Å². The van der Waals surface area contributed by atoms with E-state index in [1.165, 1.54) is 37.5 Å². The second-order valence-corrected chi connectivity index (χ2v) is 9.78. The Morgan fingerprint density at radius 2 is 1.63 bits per heavy atom. The van der Waals surface area contributed by atoms with Crippen molar-refractivity contribution in [2.24, 2.45) is 0 Å². The van der Waals surface area contributed by atoms with Crippen LogP contribution in [0.3, 0.4) is 0 Å². The lowest BCUT2D eigenvalue weighted by Gasteiger charge is -2.28. The highest BCUT2D eigenvalue weighted by molar-refractivity contribution is 7.94. The first-order chi connectivity index (χ1) is 14.3. The molecule has 4 rings (SSSR count). The summed E-state index contributed by atoms with van der Waals surface area (Å²) in [5, 5.41) is 2.96. The molecule has 2 aliphatic heterocycles. The number of rotatable bonds is 4. The zero-order valence-electron chi connectivity index (χ0n) is 16.3. The molecule has 0 aromatic heterocycles. The molecule has 1 N–H and O–H groups in total. The molecule has 9 heteroatoms. The Bertz CT molecular complexity index is 1080. The number of carbonyl (C=O) groups is 2. The number of hydrogen-bond acceptors (Lipinski definition) is 5. The topological polar surface area (TPSA) is 86.8 Å². The van der Waals surface area contributed by atoms with Crippen LogP contribution in [0, 0.1) is 0 Å². The average molecular weight is 448 g/mol. The van der Waals surface area contributed by atoms with Crippen LogP contribution in [0.1, 0.15) is 36.0 Å². The van der Waals surface area contributed by atoms with Gasteiger partial charge in [-0.15, -0.1) is 0 Å². The van der Waals surface area contributed by atoms with Gasteiger partial charge in [0.2, 0.25) is 15.9 Å². The number of benzene rings is 2. The van der Waals surface area contributed by atoms with E-state index in [0.717, 1.165) is 23.1 Å². The van der Waals surface area contributed by atoms with E-state index in [9.17, 15) is 18.0 Å². The van der Waals surface area contributed by atoms with Crippen molar-refractivity contribution in [3.63, 3.8) is 0 Å². The van der Waals surface area contributed by atoms with Gasteiger partial charge in [-0.1, -0.05) is 11.6 Å². The first-order valence-electron chi connectivity index (χ1n) is 9.87. The van der Waals surface area contributed by atoms with Crippen LogP contribution in [0.4, 0.5) is 17.1 Å². The number of halogens is 1. The number of nitrogens with one attached hydrogen (secondary N) is 1. The molecule has 0 saturated carbocycles. The Kier molecular flexibility index (Phi) is 5.71. The number of amides is 2. The summed E-state index contributed by atoms with van der Waals surface area (Å²) in [4.78, 5) is 27.1. The standard InChI is InChI=1S/C21H22ClN3O4S/c22-19-9-8-17(25-20(26)10-13-30(25,28)29)14-18(19)21(27)23-15-4-6-16(7-5-15)24-11-2-1-3-12-24/h4-9,14H,1-3,10-13H2,(H,23,27). The largest absolute Gasteiger partial charge is 0.372 e. The van der Waals surface area contributed by atoms with Gasteiger partial charge in [0.15, 0.2) is 0 Å². The van der Waals surface area contributed by atoms with Gasteiger partial charge in [-0.3, -0.25) is 9.59 Å². The van der Waals surface area contributed by atoms with E-state index in [4.69, 9.17) is 11.6 Å². The summed E-state index contributed by atoms with van der Waals surface area (Å²) in [6.07, 6.45) is 3.55. The number of nitrogens with zero attached hydrogens (tertiary/aromatic N) is 2. The number of anilines is 3. The maximum absolute atomic E-state index is 12.8. The van der Waals surface area contributed by atoms with Crippen LogP contribution in [0.25, 0.3) is 0 Å². The molecule has 2 aromatic carbocycles. The molecule has 2 heterocycles. The third-order valence-corrected chi connectivity index (χ3v) is 7.37. The smallest absolute Gasteiger partial charge is 0.257 e. The maximum atomic E-state index is 12.8. The van der Waals surface area contributed by atoms with Gasteiger partial charge in [0.25, 0.3) is 5.91 Å². The van der Waals surface area contributed by atoms with Crippen molar-refractivity contribution in [3.05, 3.63) is 53.1 Å². The Labute approximate surface area is 180 Å². The molecule has 7 nitrogen and oxygen atoms in total. The van der Waals surface area contributed by atoms with Gasteiger partial charge >= 0.3 is 0 Å². The number of hydrogen-bond donors (Lipinski definition) is 1. The highest BCUT2D eigenvalue weighted by Crippen LogP contribution is 2.30. The van der Waals surface area contributed by atoms with E-state index in [2.05, 4.69) is 10.2 Å². The minimum absolute atomic E-state index is 0.0736. The fraction of sp³-hybridized carbons (Fsp3) is 0.333. The quantitative estimate of drug-likeness (QED) is 0.773. The fourth-order valence-electron chi connectivity index (χ4n) is 3.79. The first-order valence-corrected chi connectivity index (χ1v) is 11.9. The van der Waals surface area contributed by atoms with Crippen molar-refractivity contribution in [3.8, 4) is 0 Å². The van der Waals surface area contributed by atoms with Gasteiger partial charge in [0, 0.05) is 30.9 Å². The van der Waals surface area contributed by atoms with Crippen molar-refractivity contribution < 1.29 is 18.0 Å². The summed E-state index contributed by atoms with van der Waals surface area (Å²) in [5.74, 6) is -1.23. The molecule has 0 unspecified atom stereocenters. The average Bonchev–Trinajstić information content (AvgIpc) is 3.02. The van der Waals surface area contributed by atoms with Crippen LogP contribution in [0.2, 0.25) is 5.02 Å². The lowest BCUT2D eigenvalue weighted by atomic mass is 10.1. The van der Waals surface area contributed by atoms with Gasteiger partial charge in [-0.25, -0.2) is 12.7 Å². The molecule has 2 fully saturated rings. The molecule has 0 radical (unpaired) electrons. The van der Waals surface area contributed by atoms with Crippen LogP contribution in [0.5, 0.6) is 0 Å². The zero-order valence-corrected chi connectivity index (χ0v) is 17.9. The second-order valence-electron chi connectivity index (χ2n) is 7.44. The summed E-state index contributed by atoms with van der Waals surface area (Å²) in [5.41, 5.74) is 1.94. The maximum Gasteiger partial charge on any atom is 0.257 e. The molecular formula is C21H22ClN3O4S. The summed E-state index contributed by atoms with van der Waals surface area (Å²) in [7, 11) is -3.71. The third kappa shape index (κ3) is 4.15. The van der Waals surface area contributed by atoms with Crippen molar-refractivity contribution in [1.82, 2.24) is 0 Å². The van der Waals surface area contributed by atoms with E-state index < -0.39 is 21.8 Å². The van der Waals surface area contributed by atoms with Crippen molar-refractivity contribution in [2.45, 2.75) is 25.7 Å². The third-order valence-electron chi connectivity index (χ3n) is 5.35. The van der Waals surface area contributed by atoms with Gasteiger partial charge < -0.3 is 10.2 Å². The molecule has 2 aliphatic rings. The summed E-state index contributed by atoms with van der Waals surface area (Å²) >= 11 is 6.18. The Balaban J connectivity index is 1.53. The zero-order chi connectivity index (χ0) is 21.3. The lowest BCUT2D eigenvalue weighted by Crippen LogP contribution is -2.29. The van der Waals surface area contributed by atoms with Gasteiger partial charge in [0.1, 0.15) is 0 Å². The van der Waals surface area contributed by atoms with Crippen LogP contribution < -0.4 is 14.5 Å². The highest BCUT2D eigenvalue weighted by Gasteiger charge is 2.36. The number of piperidine rings is 1. The Hall–Kier alpha value is -2.58. The molecule has 2 amide bonds. The van der Waals surface area contributed by atoms with E-state index in [1.54, 1.807) is 0 Å². The molecule has 0 aliphatic carbocycles. The summed E-state index contributed by atoms with van der Waals surface area (Å²) in [6.45, 7) is 2.07. The number of sulfonamides is 1. The van der Waals surface area contributed by atoms with Crippen LogP contribution in [-0.4, -0.2) is 39.1 Å². The van der Waals surface area contributed by atoms with Crippen molar-refractivity contribution >= 4 is 50.5 Å². The molecule has 0 bridgehead atoms. The van der Waals surface area contributed by atoms with Crippen LogP contribution >= 0.6 is 11.6 Å². The minimum Gasteiger partial charge on any atom is -0.372 e. The van der Waals surface area contributed by atoms with E-state index >= 15 is 0 Å². The number of carbonyl (C=O) groups excluding carboxylic acids is 2. The molecule has 0 spiro atoms. The van der Waals surface area contributed by atoms with Crippen molar-refractivity contribution in [2.75, 3.05) is 33.4 Å². The molecule has 30 heavy (non-hydrogen) atoms. The van der Waals surface area contributed by atoms with E-state index in [1.807, 2.05) is 24.3 Å². The molecule has 158 valence electrons. The first kappa shape index (κ1) is 20.7. The van der Waals surface area contributed by atoms with Gasteiger partial charge in [-0.05, 0) is 61.7 Å². The van der Waals surface area contributed by atoms with Crippen LogP contribution in [-0.2, 0) is 14.8 Å². The molecule has 2 aromatic rings. The Morgan fingerprint density at radius 1 is 0.967 bits per heavy atom. The Morgan fingerprint density at radius 3 is 2.27 bits per heavy atom. The lowest BCUT2D eigenvalue weighted by molar-refractivity contribution is -0.116. The molecular weight excluding hydrogens is 426 g/mol.